The quantitative estimate of drug-likeness (QED) is 0.776. The van der Waals surface area contributed by atoms with Crippen LogP contribution in [0.2, 0.25) is 0 Å². The average Bonchev–Trinajstić information content (AvgIpc) is 2.29. The van der Waals surface area contributed by atoms with Gasteiger partial charge in [0.05, 0.1) is 6.61 Å². The first-order valence-electron chi connectivity index (χ1n) is 6.24. The van der Waals surface area contributed by atoms with Gasteiger partial charge in [0.1, 0.15) is 0 Å². The van der Waals surface area contributed by atoms with Crippen LogP contribution in [0.1, 0.15) is 26.3 Å². The number of benzene rings is 1. The highest BCUT2D eigenvalue weighted by atomic mass is 16.4. The topological polar surface area (TPSA) is 86.8 Å². The van der Waals surface area contributed by atoms with Gasteiger partial charge in [-0.05, 0) is 44.9 Å². The zero-order valence-electron chi connectivity index (χ0n) is 11.6. The van der Waals surface area contributed by atoms with E-state index in [9.17, 15) is 9.90 Å². The maximum Gasteiger partial charge on any atom is 0.412 e. The summed E-state index contributed by atoms with van der Waals surface area (Å²) in [7, 11) is 0. The van der Waals surface area contributed by atoms with Gasteiger partial charge < -0.3 is 15.9 Å². The van der Waals surface area contributed by atoms with Crippen LogP contribution in [0.5, 0.6) is 0 Å². The number of hydrogen-bond donors (Lipinski definition) is 3. The minimum atomic E-state index is -0.979. The molecule has 0 bridgehead atoms. The number of anilines is 1. The van der Waals surface area contributed by atoms with E-state index in [0.717, 1.165) is 5.56 Å². The smallest absolute Gasteiger partial charge is 0.412 e. The van der Waals surface area contributed by atoms with Crippen molar-refractivity contribution < 1.29 is 15.0 Å². The number of nitrogens with two attached hydrogens (primary N) is 1. The summed E-state index contributed by atoms with van der Waals surface area (Å²) in [4.78, 5) is 12.7. The van der Waals surface area contributed by atoms with Crippen LogP contribution in [0.3, 0.4) is 0 Å². The first-order chi connectivity index (χ1) is 8.75. The normalized spacial score (nSPS) is 13.1. The van der Waals surface area contributed by atoms with Crippen molar-refractivity contribution in [3.05, 3.63) is 29.8 Å². The second kappa shape index (κ2) is 6.04. The predicted octanol–water partition coefficient (Wildman–Crippen LogP) is 1.83. The molecule has 0 radical (unpaired) electrons. The van der Waals surface area contributed by atoms with E-state index in [4.69, 9.17) is 10.8 Å². The van der Waals surface area contributed by atoms with Gasteiger partial charge in [-0.15, -0.1) is 0 Å². The van der Waals surface area contributed by atoms with E-state index in [-0.39, 0.29) is 12.6 Å². The summed E-state index contributed by atoms with van der Waals surface area (Å²) in [5, 5.41) is 18.2. The van der Waals surface area contributed by atoms with Crippen molar-refractivity contribution in [2.24, 2.45) is 5.73 Å². The maximum atomic E-state index is 11.3. The average molecular weight is 266 g/mol. The fraction of sp³-hybridized carbons (Fsp3) is 0.500. The minimum Gasteiger partial charge on any atom is -0.465 e. The zero-order valence-corrected chi connectivity index (χ0v) is 11.6. The van der Waals surface area contributed by atoms with Crippen molar-refractivity contribution in [3.8, 4) is 0 Å². The second-order valence-corrected chi connectivity index (χ2v) is 5.60. The van der Waals surface area contributed by atoms with Crippen molar-refractivity contribution in [2.75, 3.05) is 11.5 Å². The molecule has 0 heterocycles. The highest BCUT2D eigenvalue weighted by molar-refractivity contribution is 5.87. The monoisotopic (exact) mass is 266 g/mol. The summed E-state index contributed by atoms with van der Waals surface area (Å²) < 4.78 is 0. The van der Waals surface area contributed by atoms with E-state index in [1.165, 1.54) is 4.90 Å². The number of aliphatic hydroxyl groups excluding tert-OH is 1. The molecule has 0 aliphatic carbocycles. The van der Waals surface area contributed by atoms with E-state index in [2.05, 4.69) is 0 Å². The molecule has 5 nitrogen and oxygen atoms in total. The molecule has 0 spiro atoms. The lowest BCUT2D eigenvalue weighted by molar-refractivity contribution is 0.195. The van der Waals surface area contributed by atoms with Crippen molar-refractivity contribution in [1.82, 2.24) is 0 Å². The fourth-order valence-electron chi connectivity index (χ4n) is 1.93. The lowest BCUT2D eigenvalue weighted by atomic mass is 10.0. The number of hydrogen-bond acceptors (Lipinski definition) is 3. The van der Waals surface area contributed by atoms with Gasteiger partial charge in [-0.25, -0.2) is 4.79 Å². The summed E-state index contributed by atoms with van der Waals surface area (Å²) >= 11 is 0. The van der Waals surface area contributed by atoms with Crippen molar-refractivity contribution in [3.63, 3.8) is 0 Å². The number of aliphatic hydroxyl groups is 1. The molecule has 5 heteroatoms. The molecule has 0 saturated heterocycles. The van der Waals surface area contributed by atoms with Crippen LogP contribution >= 0.6 is 0 Å². The summed E-state index contributed by atoms with van der Waals surface area (Å²) in [6.45, 7) is 5.47. The molecule has 19 heavy (non-hydrogen) atoms. The third-order valence-corrected chi connectivity index (χ3v) is 2.79. The Labute approximate surface area is 113 Å². The van der Waals surface area contributed by atoms with Crippen LogP contribution in [0.25, 0.3) is 0 Å². The predicted molar refractivity (Wildman–Crippen MR) is 75.5 cm³/mol. The second-order valence-electron chi connectivity index (χ2n) is 5.60. The van der Waals surface area contributed by atoms with Gasteiger partial charge in [0.2, 0.25) is 0 Å². The van der Waals surface area contributed by atoms with Crippen molar-refractivity contribution in [2.45, 2.75) is 38.8 Å². The Morgan fingerprint density at radius 2 is 1.84 bits per heavy atom. The summed E-state index contributed by atoms with van der Waals surface area (Å²) in [6, 6.07) is 6.92. The molecule has 0 aromatic heterocycles. The number of carboxylic acid groups (broad SMARTS) is 1. The van der Waals surface area contributed by atoms with Crippen LogP contribution in [0.15, 0.2) is 24.3 Å². The zero-order chi connectivity index (χ0) is 14.6. The van der Waals surface area contributed by atoms with Crippen LogP contribution in [-0.4, -0.2) is 34.5 Å². The first kappa shape index (κ1) is 15.5. The number of carbonyl (C=O) groups is 1. The van der Waals surface area contributed by atoms with Crippen molar-refractivity contribution >= 4 is 11.8 Å². The molecular weight excluding hydrogens is 244 g/mol. The van der Waals surface area contributed by atoms with E-state index in [0.29, 0.717) is 12.1 Å². The third-order valence-electron chi connectivity index (χ3n) is 2.79. The molecule has 0 unspecified atom stereocenters. The molecule has 0 saturated carbocycles. The van der Waals surface area contributed by atoms with Gasteiger partial charge in [0.15, 0.2) is 0 Å². The van der Waals surface area contributed by atoms with Gasteiger partial charge in [-0.2, -0.15) is 0 Å². The third kappa shape index (κ3) is 4.22. The van der Waals surface area contributed by atoms with E-state index < -0.39 is 11.6 Å². The van der Waals surface area contributed by atoms with Gasteiger partial charge in [0, 0.05) is 17.3 Å². The highest BCUT2D eigenvalue weighted by Crippen LogP contribution is 2.24. The Kier molecular flexibility index (Phi) is 4.91. The fourth-order valence-corrected chi connectivity index (χ4v) is 1.93. The summed E-state index contributed by atoms with van der Waals surface area (Å²) in [6.07, 6.45) is -0.411. The molecule has 1 rings (SSSR count). The lowest BCUT2D eigenvalue weighted by Gasteiger charge is -2.33. The van der Waals surface area contributed by atoms with Gasteiger partial charge in [0.25, 0.3) is 0 Å². The standard InChI is InChI=1S/C14H22N2O3/c1-14(2,3)16(13(18)19)12-6-4-10(5-7-12)8-11(15)9-17/h4-7,11,17H,8-9,15H2,1-3H3,(H,18,19)/t11-/m0/s1. The molecule has 1 aromatic rings. The SMILES string of the molecule is CC(C)(C)N(C(=O)O)c1ccc(C[C@H](N)CO)cc1. The Bertz CT molecular complexity index is 423. The molecule has 1 atom stereocenters. The molecule has 4 N–H and O–H groups in total. The molecule has 1 amide bonds. The maximum absolute atomic E-state index is 11.3. The van der Waals surface area contributed by atoms with Crippen LogP contribution in [0.4, 0.5) is 10.5 Å². The molecular formula is C14H22N2O3. The highest BCUT2D eigenvalue weighted by Gasteiger charge is 2.27. The number of nitrogens with zero attached hydrogens (tertiary/aromatic N) is 1. The Hall–Kier alpha value is -1.59. The Balaban J connectivity index is 2.93. The van der Waals surface area contributed by atoms with Crippen molar-refractivity contribution in [1.29, 1.82) is 0 Å². The Morgan fingerprint density at radius 1 is 1.32 bits per heavy atom. The Morgan fingerprint density at radius 3 is 2.21 bits per heavy atom. The van der Waals surface area contributed by atoms with E-state index in [1.54, 1.807) is 12.1 Å². The molecule has 0 aliphatic heterocycles. The first-order valence-corrected chi connectivity index (χ1v) is 6.24. The molecule has 0 fully saturated rings. The molecule has 1 aromatic carbocycles. The molecule has 106 valence electrons. The number of amides is 1. The van der Waals surface area contributed by atoms with Crippen LogP contribution in [-0.2, 0) is 6.42 Å². The van der Waals surface area contributed by atoms with E-state index in [1.807, 2.05) is 32.9 Å². The van der Waals surface area contributed by atoms with Crippen LogP contribution < -0.4 is 10.6 Å². The summed E-state index contributed by atoms with van der Waals surface area (Å²) in [5.74, 6) is 0. The molecule has 0 aliphatic rings. The van der Waals surface area contributed by atoms with Crippen LogP contribution in [0, 0.1) is 0 Å². The minimum absolute atomic E-state index is 0.0645. The van der Waals surface area contributed by atoms with E-state index >= 15 is 0 Å². The largest absolute Gasteiger partial charge is 0.465 e. The van der Waals surface area contributed by atoms with Gasteiger partial charge in [-0.1, -0.05) is 12.1 Å². The number of rotatable bonds is 4. The van der Waals surface area contributed by atoms with Gasteiger partial charge >= 0.3 is 6.09 Å². The summed E-state index contributed by atoms with van der Waals surface area (Å²) in [5.41, 5.74) is 6.76. The van der Waals surface area contributed by atoms with Gasteiger partial charge in [-0.3, -0.25) is 4.90 Å². The lowest BCUT2D eigenvalue weighted by Crippen LogP contribution is -2.45.